The fraction of sp³-hybridized carbons (Fsp3) is 0.500. The number of sulfone groups is 1. The van der Waals surface area contributed by atoms with Crippen molar-refractivity contribution in [1.29, 1.82) is 0 Å². The third-order valence-corrected chi connectivity index (χ3v) is 10.1. The summed E-state index contributed by atoms with van der Waals surface area (Å²) >= 11 is 6.55. The van der Waals surface area contributed by atoms with Crippen molar-refractivity contribution in [2.45, 2.75) is 58.0 Å². The number of fused-ring (bicyclic) bond motifs is 1. The van der Waals surface area contributed by atoms with Gasteiger partial charge in [0.25, 0.3) is 11.5 Å². The molecular weight excluding hydrogens is 504 g/mol. The fourth-order valence-electron chi connectivity index (χ4n) is 5.00. The van der Waals surface area contributed by atoms with Crippen LogP contribution in [-0.2, 0) is 14.6 Å². The normalized spacial score (nSPS) is 27.8. The van der Waals surface area contributed by atoms with E-state index in [9.17, 15) is 18.0 Å². The molecule has 0 spiro atoms. The molecule has 0 aromatic carbocycles. The summed E-state index contributed by atoms with van der Waals surface area (Å²) in [4.78, 5) is 33.3. The number of thioether (sulfide) groups is 1. The summed E-state index contributed by atoms with van der Waals surface area (Å²) in [6.45, 7) is 4.16. The number of carbonyl (C=O) groups excluding carboxylic acids is 1. The van der Waals surface area contributed by atoms with Crippen molar-refractivity contribution >= 4 is 61.6 Å². The lowest BCUT2D eigenvalue weighted by Gasteiger charge is -2.27. The average molecular weight is 533 g/mol. The second-order valence-corrected chi connectivity index (χ2v) is 13.7. The van der Waals surface area contributed by atoms with Crippen LogP contribution >= 0.6 is 24.0 Å². The number of anilines is 1. The van der Waals surface area contributed by atoms with E-state index in [-0.39, 0.29) is 29.0 Å². The molecule has 11 heteroatoms. The van der Waals surface area contributed by atoms with Crippen molar-refractivity contribution in [3.05, 3.63) is 44.7 Å². The van der Waals surface area contributed by atoms with Crippen LogP contribution in [0.2, 0.25) is 0 Å². The summed E-state index contributed by atoms with van der Waals surface area (Å²) in [5.41, 5.74) is 1.50. The van der Waals surface area contributed by atoms with E-state index in [1.807, 2.05) is 19.1 Å². The third kappa shape index (κ3) is 4.90. The standard InChI is InChI=1S/C24H28N4O4S3/c1-14-3-6-16(7-4-14)25-21-18(22(29)27-12-15(2)5-8-20(27)26-21)11-19-23(30)28(24(33)34-19)17-9-10-35(31,32)13-17/h5,8,11-12,14,16-17,25H,3-4,6-7,9-10,13H2,1-2H3. The van der Waals surface area contributed by atoms with Crippen LogP contribution in [0.25, 0.3) is 11.7 Å². The van der Waals surface area contributed by atoms with Gasteiger partial charge in [0.1, 0.15) is 15.8 Å². The molecular formula is C24H28N4O4S3. The van der Waals surface area contributed by atoms with Crippen LogP contribution in [0.5, 0.6) is 0 Å². The van der Waals surface area contributed by atoms with E-state index < -0.39 is 15.9 Å². The Hall–Kier alpha value is -2.24. The van der Waals surface area contributed by atoms with Gasteiger partial charge in [-0.25, -0.2) is 13.4 Å². The maximum atomic E-state index is 13.6. The van der Waals surface area contributed by atoms with Crippen LogP contribution < -0.4 is 10.9 Å². The summed E-state index contributed by atoms with van der Waals surface area (Å²) in [5.74, 6) is 0.767. The molecule has 2 saturated heterocycles. The molecule has 1 atom stereocenters. The first-order chi connectivity index (χ1) is 16.6. The van der Waals surface area contributed by atoms with Gasteiger partial charge in [-0.05, 0) is 62.7 Å². The van der Waals surface area contributed by atoms with Gasteiger partial charge >= 0.3 is 0 Å². The fourth-order valence-corrected chi connectivity index (χ4v) is 8.08. The lowest BCUT2D eigenvalue weighted by Crippen LogP contribution is -2.39. The minimum absolute atomic E-state index is 0.0527. The summed E-state index contributed by atoms with van der Waals surface area (Å²) in [7, 11) is -3.17. The van der Waals surface area contributed by atoms with Crippen molar-refractivity contribution in [1.82, 2.24) is 14.3 Å². The van der Waals surface area contributed by atoms with Gasteiger partial charge in [-0.3, -0.25) is 18.9 Å². The van der Waals surface area contributed by atoms with E-state index in [1.165, 1.54) is 9.30 Å². The number of thiocarbonyl (C=S) groups is 1. The Balaban J connectivity index is 1.54. The maximum Gasteiger partial charge on any atom is 0.267 e. The van der Waals surface area contributed by atoms with Crippen molar-refractivity contribution < 1.29 is 13.2 Å². The number of aromatic nitrogens is 2. The molecule has 0 bridgehead atoms. The Morgan fingerprint density at radius 1 is 1.17 bits per heavy atom. The SMILES string of the molecule is Cc1ccc2nc(NC3CCC(C)CC3)c(C=C3SC(=S)N(C4CCS(=O)(=O)C4)C3=O)c(=O)n2c1. The number of aryl methyl sites for hydroxylation is 1. The number of nitrogens with zero attached hydrogens (tertiary/aromatic N) is 3. The number of amides is 1. The van der Waals surface area contributed by atoms with Crippen molar-refractivity contribution in [2.75, 3.05) is 16.8 Å². The molecule has 1 amide bonds. The monoisotopic (exact) mass is 532 g/mol. The zero-order valence-electron chi connectivity index (χ0n) is 19.7. The predicted octanol–water partition coefficient (Wildman–Crippen LogP) is 3.38. The Morgan fingerprint density at radius 3 is 2.60 bits per heavy atom. The summed E-state index contributed by atoms with van der Waals surface area (Å²) in [6, 6.07) is 3.47. The van der Waals surface area contributed by atoms with E-state index in [0.717, 1.165) is 43.0 Å². The van der Waals surface area contributed by atoms with Crippen LogP contribution in [0, 0.1) is 12.8 Å². The maximum absolute atomic E-state index is 13.6. The second kappa shape index (κ2) is 9.33. The molecule has 2 aliphatic heterocycles. The Bertz CT molecular complexity index is 1410. The van der Waals surface area contributed by atoms with Gasteiger partial charge in [0, 0.05) is 12.2 Å². The van der Waals surface area contributed by atoms with E-state index in [4.69, 9.17) is 17.2 Å². The largest absolute Gasteiger partial charge is 0.367 e. The number of pyridine rings is 1. The Labute approximate surface area is 214 Å². The second-order valence-electron chi connectivity index (χ2n) is 9.82. The molecule has 0 radical (unpaired) electrons. The number of nitrogens with one attached hydrogen (secondary N) is 1. The first-order valence-electron chi connectivity index (χ1n) is 11.9. The molecule has 3 fully saturated rings. The van der Waals surface area contributed by atoms with Gasteiger partial charge in [0.15, 0.2) is 9.84 Å². The van der Waals surface area contributed by atoms with E-state index >= 15 is 0 Å². The number of rotatable bonds is 4. The minimum atomic E-state index is -3.17. The molecule has 1 aliphatic carbocycles. The van der Waals surface area contributed by atoms with Crippen LogP contribution in [0.3, 0.4) is 0 Å². The summed E-state index contributed by atoms with van der Waals surface area (Å²) < 4.78 is 25.8. The van der Waals surface area contributed by atoms with Gasteiger partial charge in [0.2, 0.25) is 0 Å². The molecule has 3 aliphatic rings. The highest BCUT2D eigenvalue weighted by Gasteiger charge is 2.42. The topological polar surface area (TPSA) is 101 Å². The Kier molecular flexibility index (Phi) is 6.52. The zero-order chi connectivity index (χ0) is 24.9. The molecule has 186 valence electrons. The Morgan fingerprint density at radius 2 is 1.91 bits per heavy atom. The van der Waals surface area contributed by atoms with Gasteiger partial charge < -0.3 is 5.32 Å². The average Bonchev–Trinajstić information content (AvgIpc) is 3.30. The molecule has 4 heterocycles. The summed E-state index contributed by atoms with van der Waals surface area (Å²) in [6.07, 6.45) is 7.89. The smallest absolute Gasteiger partial charge is 0.267 e. The lowest BCUT2D eigenvalue weighted by molar-refractivity contribution is -0.123. The van der Waals surface area contributed by atoms with E-state index in [2.05, 4.69) is 12.2 Å². The van der Waals surface area contributed by atoms with Gasteiger partial charge in [-0.2, -0.15) is 0 Å². The molecule has 5 rings (SSSR count). The van der Waals surface area contributed by atoms with Crippen LogP contribution in [0.15, 0.2) is 28.0 Å². The van der Waals surface area contributed by atoms with Crippen LogP contribution in [0.4, 0.5) is 5.82 Å². The predicted molar refractivity (Wildman–Crippen MR) is 143 cm³/mol. The van der Waals surface area contributed by atoms with Crippen LogP contribution in [-0.4, -0.2) is 56.5 Å². The lowest BCUT2D eigenvalue weighted by atomic mass is 9.87. The number of hydrogen-bond acceptors (Lipinski definition) is 8. The third-order valence-electron chi connectivity index (χ3n) is 7.03. The van der Waals surface area contributed by atoms with Gasteiger partial charge in [-0.15, -0.1) is 0 Å². The molecule has 8 nitrogen and oxygen atoms in total. The van der Waals surface area contributed by atoms with Gasteiger partial charge in [0.05, 0.1) is 28.0 Å². The number of carbonyl (C=O) groups is 1. The van der Waals surface area contributed by atoms with Crippen LogP contribution in [0.1, 0.15) is 50.2 Å². The molecule has 1 unspecified atom stereocenters. The zero-order valence-corrected chi connectivity index (χ0v) is 22.1. The van der Waals surface area contributed by atoms with Crippen molar-refractivity contribution in [3.63, 3.8) is 0 Å². The first kappa shape index (κ1) is 24.5. The highest BCUT2D eigenvalue weighted by atomic mass is 32.2. The number of hydrogen-bond donors (Lipinski definition) is 1. The van der Waals surface area contributed by atoms with Crippen molar-refractivity contribution in [3.8, 4) is 0 Å². The highest BCUT2D eigenvalue weighted by molar-refractivity contribution is 8.26. The first-order valence-corrected chi connectivity index (χ1v) is 14.9. The minimum Gasteiger partial charge on any atom is -0.367 e. The molecule has 1 N–H and O–H groups in total. The van der Waals surface area contributed by atoms with E-state index in [0.29, 0.717) is 38.6 Å². The molecule has 2 aromatic heterocycles. The highest BCUT2D eigenvalue weighted by Crippen LogP contribution is 2.37. The molecule has 35 heavy (non-hydrogen) atoms. The van der Waals surface area contributed by atoms with E-state index in [1.54, 1.807) is 12.3 Å². The van der Waals surface area contributed by atoms with Gasteiger partial charge in [-0.1, -0.05) is 37.0 Å². The molecule has 2 aromatic rings. The quantitative estimate of drug-likeness (QED) is 0.473. The molecule has 1 saturated carbocycles. The van der Waals surface area contributed by atoms with Crippen molar-refractivity contribution in [2.24, 2.45) is 5.92 Å². The summed E-state index contributed by atoms with van der Waals surface area (Å²) in [5, 5.41) is 3.48.